The lowest BCUT2D eigenvalue weighted by Gasteiger charge is -2.20. The number of aliphatic hydroxyl groups is 2. The summed E-state index contributed by atoms with van der Waals surface area (Å²) >= 11 is 0. The van der Waals surface area contributed by atoms with Gasteiger partial charge < -0.3 is 20.3 Å². The number of unbranched alkanes of at least 4 members (excludes halogenated alkanes) is 45. The average molecular weight is 933 g/mol. The summed E-state index contributed by atoms with van der Waals surface area (Å²) in [5, 5.41) is 23.0. The summed E-state index contributed by atoms with van der Waals surface area (Å²) in [5.74, 6) is -0.0486. The predicted octanol–water partition coefficient (Wildman–Crippen LogP) is 18.5. The first kappa shape index (κ1) is 64.6. The maximum Gasteiger partial charge on any atom is 0.305 e. The highest BCUT2D eigenvalue weighted by Gasteiger charge is 2.18. The van der Waals surface area contributed by atoms with Gasteiger partial charge in [0.2, 0.25) is 5.91 Å². The van der Waals surface area contributed by atoms with E-state index in [0.717, 1.165) is 38.5 Å². The average Bonchev–Trinajstić information content (AvgIpc) is 3.32. The maximum absolute atomic E-state index is 12.4. The number of rotatable bonds is 56. The molecular formula is C60H117NO5. The molecule has 0 fully saturated rings. The van der Waals surface area contributed by atoms with Crippen molar-refractivity contribution in [2.24, 2.45) is 0 Å². The van der Waals surface area contributed by atoms with Crippen LogP contribution in [0.1, 0.15) is 335 Å². The minimum Gasteiger partial charge on any atom is -0.466 e. The van der Waals surface area contributed by atoms with Crippen LogP contribution in [0.25, 0.3) is 0 Å². The van der Waals surface area contributed by atoms with Crippen LogP contribution in [0.4, 0.5) is 0 Å². The molecule has 0 aliphatic heterocycles. The molecule has 2 atom stereocenters. The molecule has 0 bridgehead atoms. The van der Waals surface area contributed by atoms with Crippen molar-refractivity contribution in [2.75, 3.05) is 13.2 Å². The number of ether oxygens (including phenoxy) is 1. The van der Waals surface area contributed by atoms with Crippen LogP contribution in [0.5, 0.6) is 0 Å². The first-order valence-electron chi connectivity index (χ1n) is 30.0. The Labute approximate surface area is 412 Å². The van der Waals surface area contributed by atoms with E-state index in [0.29, 0.717) is 19.4 Å². The van der Waals surface area contributed by atoms with Gasteiger partial charge in [-0.3, -0.25) is 9.59 Å². The van der Waals surface area contributed by atoms with Crippen LogP contribution in [0.15, 0.2) is 12.2 Å². The molecular weight excluding hydrogens is 815 g/mol. The Bertz CT molecular complexity index is 986. The summed E-state index contributed by atoms with van der Waals surface area (Å²) in [7, 11) is 0. The van der Waals surface area contributed by atoms with Crippen LogP contribution < -0.4 is 5.32 Å². The summed E-state index contributed by atoms with van der Waals surface area (Å²) < 4.78 is 5.47. The molecule has 2 unspecified atom stereocenters. The molecule has 0 aromatic rings. The Kier molecular flexibility index (Phi) is 55.0. The number of hydrogen-bond donors (Lipinski definition) is 3. The van der Waals surface area contributed by atoms with Gasteiger partial charge in [-0.15, -0.1) is 0 Å². The van der Waals surface area contributed by atoms with E-state index in [-0.39, 0.29) is 18.5 Å². The molecule has 0 radical (unpaired) electrons. The van der Waals surface area contributed by atoms with Gasteiger partial charge in [0, 0.05) is 12.8 Å². The molecule has 0 aromatic heterocycles. The quantitative estimate of drug-likeness (QED) is 0.0321. The van der Waals surface area contributed by atoms with Crippen molar-refractivity contribution in [2.45, 2.75) is 347 Å². The van der Waals surface area contributed by atoms with E-state index in [1.165, 1.54) is 270 Å². The summed E-state index contributed by atoms with van der Waals surface area (Å²) in [4.78, 5) is 24.4. The van der Waals surface area contributed by atoms with Crippen LogP contribution in [0, 0.1) is 0 Å². The normalized spacial score (nSPS) is 12.6. The van der Waals surface area contributed by atoms with E-state index >= 15 is 0 Å². The highest BCUT2D eigenvalue weighted by Crippen LogP contribution is 2.18. The van der Waals surface area contributed by atoms with Crippen LogP contribution in [0.3, 0.4) is 0 Å². The number of carbonyl (C=O) groups is 2. The van der Waals surface area contributed by atoms with E-state index in [1.807, 2.05) is 6.08 Å². The zero-order valence-electron chi connectivity index (χ0n) is 44.7. The van der Waals surface area contributed by atoms with Gasteiger partial charge in [-0.2, -0.15) is 0 Å². The Balaban J connectivity index is 3.35. The van der Waals surface area contributed by atoms with E-state index in [4.69, 9.17) is 4.74 Å². The lowest BCUT2D eigenvalue weighted by Crippen LogP contribution is -2.45. The number of allylic oxidation sites excluding steroid dienone is 1. The summed E-state index contributed by atoms with van der Waals surface area (Å²) in [6.07, 6.45) is 66.8. The van der Waals surface area contributed by atoms with Gasteiger partial charge in [-0.25, -0.2) is 0 Å². The standard InChI is InChI=1S/C60H117NO5/c1-3-5-7-9-11-13-15-32-36-40-44-48-52-58(63)57(56-62)61-59(64)53-49-45-41-37-33-30-28-26-24-22-20-18-17-19-21-23-25-27-29-31-35-39-43-47-51-55-66-60(65)54-50-46-42-38-34-16-14-12-10-8-6-4-2/h48,52,57-58,62-63H,3-47,49-51,53-56H2,1-2H3,(H,61,64)/b52-48+. The Morgan fingerprint density at radius 1 is 0.409 bits per heavy atom. The fourth-order valence-electron chi connectivity index (χ4n) is 9.46. The molecule has 0 aliphatic carbocycles. The number of hydrogen-bond acceptors (Lipinski definition) is 5. The number of carbonyl (C=O) groups excluding carboxylic acids is 2. The van der Waals surface area contributed by atoms with E-state index in [2.05, 4.69) is 19.2 Å². The minimum atomic E-state index is -0.841. The van der Waals surface area contributed by atoms with Gasteiger partial charge in [0.15, 0.2) is 0 Å². The zero-order chi connectivity index (χ0) is 47.9. The lowest BCUT2D eigenvalue weighted by molar-refractivity contribution is -0.143. The molecule has 3 N–H and O–H groups in total. The molecule has 0 rings (SSSR count). The first-order chi connectivity index (χ1) is 32.5. The minimum absolute atomic E-state index is 0.0170. The van der Waals surface area contributed by atoms with Crippen LogP contribution in [-0.2, 0) is 14.3 Å². The van der Waals surface area contributed by atoms with E-state index in [1.54, 1.807) is 6.08 Å². The van der Waals surface area contributed by atoms with Gasteiger partial charge >= 0.3 is 5.97 Å². The molecule has 0 saturated heterocycles. The van der Waals surface area contributed by atoms with Crippen molar-refractivity contribution in [1.82, 2.24) is 5.32 Å². The van der Waals surface area contributed by atoms with E-state index < -0.39 is 12.1 Å². The van der Waals surface area contributed by atoms with Gasteiger partial charge in [0.1, 0.15) is 0 Å². The highest BCUT2D eigenvalue weighted by molar-refractivity contribution is 5.76. The number of amides is 1. The van der Waals surface area contributed by atoms with Crippen molar-refractivity contribution in [1.29, 1.82) is 0 Å². The van der Waals surface area contributed by atoms with Crippen LogP contribution in [-0.4, -0.2) is 47.4 Å². The van der Waals surface area contributed by atoms with Crippen LogP contribution >= 0.6 is 0 Å². The second-order valence-electron chi connectivity index (χ2n) is 20.7. The van der Waals surface area contributed by atoms with Crippen molar-refractivity contribution in [3.63, 3.8) is 0 Å². The summed E-state index contributed by atoms with van der Waals surface area (Å²) in [5.41, 5.74) is 0. The van der Waals surface area contributed by atoms with Crippen molar-refractivity contribution < 1.29 is 24.5 Å². The molecule has 392 valence electrons. The number of nitrogens with one attached hydrogen (secondary N) is 1. The Morgan fingerprint density at radius 2 is 0.697 bits per heavy atom. The zero-order valence-corrected chi connectivity index (χ0v) is 44.7. The van der Waals surface area contributed by atoms with Gasteiger partial charge in [-0.1, -0.05) is 302 Å². The third-order valence-electron chi connectivity index (χ3n) is 14.1. The molecule has 0 saturated carbocycles. The largest absolute Gasteiger partial charge is 0.466 e. The third-order valence-corrected chi connectivity index (χ3v) is 14.1. The molecule has 0 aliphatic rings. The molecule has 6 nitrogen and oxygen atoms in total. The van der Waals surface area contributed by atoms with Crippen molar-refractivity contribution in [3.05, 3.63) is 12.2 Å². The SMILES string of the molecule is CCCCCCCCCCCC/C=C/C(O)C(CO)NC(=O)CCCCCCCCCCCCCCCCCCCCCCCCCCCOC(=O)CCCCCCCCCCCCCC. The third kappa shape index (κ3) is 52.0. The maximum atomic E-state index is 12.4. The molecule has 0 spiro atoms. The number of aliphatic hydroxyl groups excluding tert-OH is 2. The fraction of sp³-hybridized carbons (Fsp3) is 0.933. The Hall–Kier alpha value is -1.40. The molecule has 66 heavy (non-hydrogen) atoms. The van der Waals surface area contributed by atoms with E-state index in [9.17, 15) is 19.8 Å². The topological polar surface area (TPSA) is 95.9 Å². The highest BCUT2D eigenvalue weighted by atomic mass is 16.5. The molecule has 0 heterocycles. The summed E-state index contributed by atoms with van der Waals surface area (Å²) in [6, 6.07) is -0.624. The molecule has 0 aromatic carbocycles. The first-order valence-corrected chi connectivity index (χ1v) is 30.0. The van der Waals surface area contributed by atoms with Gasteiger partial charge in [0.05, 0.1) is 25.4 Å². The number of esters is 1. The molecule has 1 amide bonds. The van der Waals surface area contributed by atoms with Crippen molar-refractivity contribution >= 4 is 11.9 Å². The Morgan fingerprint density at radius 3 is 1.03 bits per heavy atom. The van der Waals surface area contributed by atoms with Crippen LogP contribution in [0.2, 0.25) is 0 Å². The predicted molar refractivity (Wildman–Crippen MR) is 287 cm³/mol. The smallest absolute Gasteiger partial charge is 0.305 e. The van der Waals surface area contributed by atoms with Gasteiger partial charge in [0.25, 0.3) is 0 Å². The van der Waals surface area contributed by atoms with Crippen molar-refractivity contribution in [3.8, 4) is 0 Å². The molecule has 6 heteroatoms. The fourth-order valence-corrected chi connectivity index (χ4v) is 9.46. The van der Waals surface area contributed by atoms with Gasteiger partial charge in [-0.05, 0) is 32.1 Å². The monoisotopic (exact) mass is 932 g/mol. The second kappa shape index (κ2) is 56.2. The lowest BCUT2D eigenvalue weighted by atomic mass is 10.0. The second-order valence-corrected chi connectivity index (χ2v) is 20.7. The summed E-state index contributed by atoms with van der Waals surface area (Å²) in [6.45, 7) is 4.91.